The Morgan fingerprint density at radius 2 is 2.00 bits per heavy atom. The molecule has 0 bridgehead atoms. The van der Waals surface area contributed by atoms with E-state index >= 15 is 0 Å². The smallest absolute Gasteiger partial charge is 0.135 e. The quantitative estimate of drug-likeness (QED) is 0.650. The number of rotatable bonds is 1. The van der Waals surface area contributed by atoms with Gasteiger partial charge < -0.3 is 0 Å². The molecule has 0 saturated carbocycles. The molecular formula is C11H7ClN2. The Morgan fingerprint density at radius 3 is 2.64 bits per heavy atom. The minimum absolute atomic E-state index is 0.497. The summed E-state index contributed by atoms with van der Waals surface area (Å²) in [6.07, 6.45) is 6.88. The summed E-state index contributed by atoms with van der Waals surface area (Å²) in [6.45, 7) is 0. The van der Waals surface area contributed by atoms with Gasteiger partial charge in [-0.3, -0.25) is 0 Å². The number of hydrogen-bond donors (Lipinski definition) is 0. The molecule has 2 aromatic rings. The zero-order chi connectivity index (χ0) is 9.97. The Morgan fingerprint density at radius 1 is 1.29 bits per heavy atom. The molecule has 0 fully saturated rings. The maximum atomic E-state index is 5.87. The Labute approximate surface area is 87.1 Å². The molecule has 1 heterocycles. The molecule has 0 aliphatic heterocycles. The molecule has 0 radical (unpaired) electrons. The SMILES string of the molecule is C#Cc1c(Cl)cnn1-c1ccccc1. The van der Waals surface area contributed by atoms with Crippen LogP contribution in [-0.2, 0) is 0 Å². The second kappa shape index (κ2) is 3.57. The van der Waals surface area contributed by atoms with Crippen molar-refractivity contribution in [1.29, 1.82) is 0 Å². The molecule has 0 aliphatic rings. The van der Waals surface area contributed by atoms with E-state index in [0.717, 1.165) is 5.69 Å². The van der Waals surface area contributed by atoms with Crippen LogP contribution in [0.15, 0.2) is 36.5 Å². The van der Waals surface area contributed by atoms with Crippen molar-refractivity contribution in [3.8, 4) is 18.0 Å². The fourth-order valence-electron chi connectivity index (χ4n) is 1.22. The van der Waals surface area contributed by atoms with Crippen molar-refractivity contribution in [3.05, 3.63) is 47.2 Å². The lowest BCUT2D eigenvalue weighted by molar-refractivity contribution is 0.869. The van der Waals surface area contributed by atoms with Crippen molar-refractivity contribution >= 4 is 11.6 Å². The molecule has 0 N–H and O–H groups in total. The van der Waals surface area contributed by atoms with Gasteiger partial charge in [-0.2, -0.15) is 5.10 Å². The van der Waals surface area contributed by atoms with Crippen molar-refractivity contribution in [2.24, 2.45) is 0 Å². The van der Waals surface area contributed by atoms with E-state index in [1.807, 2.05) is 30.3 Å². The highest BCUT2D eigenvalue weighted by atomic mass is 35.5. The van der Waals surface area contributed by atoms with Crippen LogP contribution in [0.4, 0.5) is 0 Å². The van der Waals surface area contributed by atoms with Crippen LogP contribution in [0.2, 0.25) is 5.02 Å². The summed E-state index contributed by atoms with van der Waals surface area (Å²) < 4.78 is 1.64. The van der Waals surface area contributed by atoms with Gasteiger partial charge in [0.2, 0.25) is 0 Å². The van der Waals surface area contributed by atoms with Gasteiger partial charge in [-0.05, 0) is 18.1 Å². The predicted octanol–water partition coefficient (Wildman–Crippen LogP) is 2.51. The van der Waals surface area contributed by atoms with Crippen LogP contribution >= 0.6 is 11.6 Å². The number of terminal acetylenes is 1. The monoisotopic (exact) mass is 202 g/mol. The fraction of sp³-hybridized carbons (Fsp3) is 0. The van der Waals surface area contributed by atoms with Gasteiger partial charge in [0.05, 0.1) is 16.9 Å². The average molecular weight is 203 g/mol. The van der Waals surface area contributed by atoms with Crippen LogP contribution in [0, 0.1) is 12.3 Å². The lowest BCUT2D eigenvalue weighted by Gasteiger charge is -2.01. The molecule has 68 valence electrons. The Kier molecular flexibility index (Phi) is 2.26. The summed E-state index contributed by atoms with van der Waals surface area (Å²) >= 11 is 5.87. The minimum atomic E-state index is 0.497. The zero-order valence-corrected chi connectivity index (χ0v) is 8.07. The number of aromatic nitrogens is 2. The summed E-state index contributed by atoms with van der Waals surface area (Å²) in [7, 11) is 0. The van der Waals surface area contributed by atoms with Gasteiger partial charge in [0.15, 0.2) is 0 Å². The van der Waals surface area contributed by atoms with Crippen LogP contribution in [0.25, 0.3) is 5.69 Å². The summed E-state index contributed by atoms with van der Waals surface area (Å²) in [5.74, 6) is 2.51. The third-order valence-electron chi connectivity index (χ3n) is 1.86. The van der Waals surface area contributed by atoms with Crippen LogP contribution in [-0.4, -0.2) is 9.78 Å². The first kappa shape index (κ1) is 8.86. The van der Waals surface area contributed by atoms with Gasteiger partial charge >= 0.3 is 0 Å². The Bertz CT molecular complexity index is 480. The normalized spacial score (nSPS) is 9.71. The standard InChI is InChI=1S/C11H7ClN2/c1-2-11-10(12)8-13-14(11)9-6-4-3-5-7-9/h1,3-8H. The second-order valence-corrected chi connectivity index (χ2v) is 3.14. The van der Waals surface area contributed by atoms with E-state index in [1.165, 1.54) is 0 Å². The maximum Gasteiger partial charge on any atom is 0.135 e. The molecule has 1 aromatic heterocycles. The van der Waals surface area contributed by atoms with Crippen LogP contribution in [0.1, 0.15) is 5.69 Å². The molecule has 0 saturated heterocycles. The lowest BCUT2D eigenvalue weighted by atomic mass is 10.3. The highest BCUT2D eigenvalue weighted by Gasteiger charge is 2.06. The van der Waals surface area contributed by atoms with E-state index in [2.05, 4.69) is 11.0 Å². The van der Waals surface area contributed by atoms with Gasteiger partial charge in [0.1, 0.15) is 5.69 Å². The third kappa shape index (κ3) is 1.39. The molecule has 2 nitrogen and oxygen atoms in total. The molecule has 1 aromatic carbocycles. The molecule has 14 heavy (non-hydrogen) atoms. The van der Waals surface area contributed by atoms with Crippen molar-refractivity contribution in [3.63, 3.8) is 0 Å². The minimum Gasteiger partial charge on any atom is -0.224 e. The Hall–Kier alpha value is -1.72. The summed E-state index contributed by atoms with van der Waals surface area (Å²) in [6, 6.07) is 9.62. The van der Waals surface area contributed by atoms with E-state index in [9.17, 15) is 0 Å². The van der Waals surface area contributed by atoms with Crippen molar-refractivity contribution in [2.45, 2.75) is 0 Å². The predicted molar refractivity (Wildman–Crippen MR) is 56.5 cm³/mol. The molecule has 0 atom stereocenters. The van der Waals surface area contributed by atoms with Gasteiger partial charge in [-0.15, -0.1) is 6.42 Å². The zero-order valence-electron chi connectivity index (χ0n) is 7.31. The molecule has 3 heteroatoms. The molecular weight excluding hydrogens is 196 g/mol. The van der Waals surface area contributed by atoms with Gasteiger partial charge in [-0.25, -0.2) is 4.68 Å². The van der Waals surface area contributed by atoms with Crippen LogP contribution in [0.3, 0.4) is 0 Å². The first-order valence-corrected chi connectivity index (χ1v) is 4.46. The van der Waals surface area contributed by atoms with E-state index < -0.39 is 0 Å². The number of nitrogens with zero attached hydrogens (tertiary/aromatic N) is 2. The summed E-state index contributed by atoms with van der Waals surface area (Å²) in [5, 5.41) is 4.60. The molecule has 0 aliphatic carbocycles. The second-order valence-electron chi connectivity index (χ2n) is 2.73. The average Bonchev–Trinajstić information content (AvgIpc) is 2.61. The van der Waals surface area contributed by atoms with Gasteiger partial charge in [0.25, 0.3) is 0 Å². The maximum absolute atomic E-state index is 5.87. The van der Waals surface area contributed by atoms with Gasteiger partial charge in [-0.1, -0.05) is 29.8 Å². The Balaban J connectivity index is 2.59. The summed E-state index contributed by atoms with van der Waals surface area (Å²) in [5.41, 5.74) is 1.49. The highest BCUT2D eigenvalue weighted by molar-refractivity contribution is 6.31. The highest BCUT2D eigenvalue weighted by Crippen LogP contribution is 2.17. The molecule has 0 spiro atoms. The fourth-order valence-corrected chi connectivity index (χ4v) is 1.40. The molecule has 0 amide bonds. The van der Waals surface area contributed by atoms with Crippen LogP contribution < -0.4 is 0 Å². The first-order valence-electron chi connectivity index (χ1n) is 4.08. The van der Waals surface area contributed by atoms with E-state index in [4.69, 9.17) is 18.0 Å². The lowest BCUT2D eigenvalue weighted by Crippen LogP contribution is -1.98. The number of benzene rings is 1. The first-order chi connectivity index (χ1) is 6.83. The van der Waals surface area contributed by atoms with E-state index in [-0.39, 0.29) is 0 Å². The number of para-hydroxylation sites is 1. The topological polar surface area (TPSA) is 17.8 Å². The largest absolute Gasteiger partial charge is 0.224 e. The van der Waals surface area contributed by atoms with E-state index in [1.54, 1.807) is 10.9 Å². The molecule has 0 unspecified atom stereocenters. The van der Waals surface area contributed by atoms with Crippen molar-refractivity contribution in [1.82, 2.24) is 9.78 Å². The van der Waals surface area contributed by atoms with Crippen molar-refractivity contribution < 1.29 is 0 Å². The third-order valence-corrected chi connectivity index (χ3v) is 2.14. The van der Waals surface area contributed by atoms with E-state index in [0.29, 0.717) is 10.7 Å². The summed E-state index contributed by atoms with van der Waals surface area (Å²) in [4.78, 5) is 0. The van der Waals surface area contributed by atoms with Gasteiger partial charge in [0, 0.05) is 0 Å². The number of hydrogen-bond acceptors (Lipinski definition) is 1. The number of halogens is 1. The van der Waals surface area contributed by atoms with Crippen LogP contribution in [0.5, 0.6) is 0 Å². The van der Waals surface area contributed by atoms with Crippen molar-refractivity contribution in [2.75, 3.05) is 0 Å². The molecule has 2 rings (SSSR count).